The van der Waals surface area contributed by atoms with Gasteiger partial charge in [0.2, 0.25) is 0 Å². The Balaban J connectivity index is 2.31. The molecular weight excluding hydrogens is 242 g/mol. The molecule has 1 aromatic rings. The molecule has 2 rings (SSSR count). The number of carbonyl (C=O) groups excluding carboxylic acids is 1. The molecule has 0 bridgehead atoms. The standard InChI is InChI=1S/C14H23N3O2/c1-10(2)16-14(12-5-6-12,13(18)19-4)9-17-8-7-15-11(17)3/h7-8,10,12,16H,5-6,9H2,1-4H3. The largest absolute Gasteiger partial charge is 0.468 e. The third-order valence-electron chi connectivity index (χ3n) is 3.71. The average molecular weight is 265 g/mol. The van der Waals surface area contributed by atoms with Gasteiger partial charge in [-0.15, -0.1) is 0 Å². The van der Waals surface area contributed by atoms with Crippen molar-refractivity contribution in [1.29, 1.82) is 0 Å². The summed E-state index contributed by atoms with van der Waals surface area (Å²) < 4.78 is 7.09. The van der Waals surface area contributed by atoms with Crippen molar-refractivity contribution in [3.8, 4) is 0 Å². The van der Waals surface area contributed by atoms with E-state index in [1.54, 1.807) is 6.20 Å². The molecular formula is C14H23N3O2. The first-order valence-electron chi connectivity index (χ1n) is 6.83. The highest BCUT2D eigenvalue weighted by Crippen LogP contribution is 2.42. The van der Waals surface area contributed by atoms with Gasteiger partial charge in [0.25, 0.3) is 0 Å². The molecule has 1 atom stereocenters. The number of nitrogens with one attached hydrogen (secondary N) is 1. The second-order valence-electron chi connectivity index (χ2n) is 5.64. The maximum Gasteiger partial charge on any atom is 0.328 e. The quantitative estimate of drug-likeness (QED) is 0.792. The van der Waals surface area contributed by atoms with Crippen LogP contribution in [-0.2, 0) is 16.1 Å². The van der Waals surface area contributed by atoms with Crippen molar-refractivity contribution in [3.05, 3.63) is 18.2 Å². The Morgan fingerprint density at radius 1 is 1.63 bits per heavy atom. The first-order valence-corrected chi connectivity index (χ1v) is 6.83. The zero-order valence-corrected chi connectivity index (χ0v) is 12.1. The normalized spacial score (nSPS) is 18.4. The maximum atomic E-state index is 12.4. The summed E-state index contributed by atoms with van der Waals surface area (Å²) in [6, 6.07) is 0.225. The summed E-state index contributed by atoms with van der Waals surface area (Å²) in [5.74, 6) is 1.10. The predicted octanol–water partition coefficient (Wildman–Crippen LogP) is 1.51. The van der Waals surface area contributed by atoms with Gasteiger partial charge >= 0.3 is 5.97 Å². The molecule has 0 spiro atoms. The van der Waals surface area contributed by atoms with E-state index in [1.165, 1.54) is 7.11 Å². The minimum Gasteiger partial charge on any atom is -0.468 e. The van der Waals surface area contributed by atoms with Crippen molar-refractivity contribution in [2.45, 2.75) is 51.7 Å². The molecule has 0 amide bonds. The molecule has 1 fully saturated rings. The number of carbonyl (C=O) groups is 1. The van der Waals surface area contributed by atoms with Crippen LogP contribution in [0.2, 0.25) is 0 Å². The third kappa shape index (κ3) is 2.81. The topological polar surface area (TPSA) is 56.2 Å². The van der Waals surface area contributed by atoms with Gasteiger partial charge in [0, 0.05) is 18.4 Å². The highest BCUT2D eigenvalue weighted by molar-refractivity contribution is 5.81. The van der Waals surface area contributed by atoms with E-state index in [0.717, 1.165) is 18.7 Å². The fourth-order valence-electron chi connectivity index (χ4n) is 2.70. The van der Waals surface area contributed by atoms with Gasteiger partial charge in [-0.2, -0.15) is 0 Å². The number of esters is 1. The van der Waals surface area contributed by atoms with Gasteiger partial charge in [0.15, 0.2) is 0 Å². The maximum absolute atomic E-state index is 12.4. The molecule has 1 N–H and O–H groups in total. The molecule has 1 aliphatic carbocycles. The zero-order chi connectivity index (χ0) is 14.0. The molecule has 19 heavy (non-hydrogen) atoms. The number of methoxy groups -OCH3 is 1. The molecule has 0 aromatic carbocycles. The molecule has 1 unspecified atom stereocenters. The molecule has 0 saturated heterocycles. The van der Waals surface area contributed by atoms with Crippen LogP contribution >= 0.6 is 0 Å². The Kier molecular flexibility index (Phi) is 3.94. The van der Waals surface area contributed by atoms with Crippen LogP contribution in [0.1, 0.15) is 32.5 Å². The SMILES string of the molecule is COC(=O)C(Cn1ccnc1C)(NC(C)C)C1CC1. The first kappa shape index (κ1) is 14.1. The van der Waals surface area contributed by atoms with E-state index in [9.17, 15) is 4.79 Å². The summed E-state index contributed by atoms with van der Waals surface area (Å²) in [6.45, 7) is 6.64. The Morgan fingerprint density at radius 2 is 2.32 bits per heavy atom. The van der Waals surface area contributed by atoms with Gasteiger partial charge in [-0.3, -0.25) is 5.32 Å². The number of hydrogen-bond acceptors (Lipinski definition) is 4. The van der Waals surface area contributed by atoms with E-state index in [-0.39, 0.29) is 12.0 Å². The van der Waals surface area contributed by atoms with Crippen LogP contribution in [0.4, 0.5) is 0 Å². The van der Waals surface area contributed by atoms with Gasteiger partial charge in [0.05, 0.1) is 13.7 Å². The number of ether oxygens (including phenoxy) is 1. The van der Waals surface area contributed by atoms with E-state index < -0.39 is 5.54 Å². The Labute approximate surface area is 114 Å². The van der Waals surface area contributed by atoms with Crippen molar-refractivity contribution < 1.29 is 9.53 Å². The smallest absolute Gasteiger partial charge is 0.328 e. The molecule has 0 radical (unpaired) electrons. The minimum absolute atomic E-state index is 0.170. The summed E-state index contributed by atoms with van der Waals surface area (Å²) in [5.41, 5.74) is -0.631. The van der Waals surface area contributed by atoms with Gasteiger partial charge in [-0.25, -0.2) is 9.78 Å². The molecule has 5 nitrogen and oxygen atoms in total. The second-order valence-corrected chi connectivity index (χ2v) is 5.64. The van der Waals surface area contributed by atoms with Crippen molar-refractivity contribution in [2.24, 2.45) is 5.92 Å². The number of rotatable bonds is 6. The number of aryl methyl sites for hydroxylation is 1. The fourth-order valence-corrected chi connectivity index (χ4v) is 2.70. The van der Waals surface area contributed by atoms with Crippen molar-refractivity contribution in [3.63, 3.8) is 0 Å². The van der Waals surface area contributed by atoms with Gasteiger partial charge < -0.3 is 9.30 Å². The van der Waals surface area contributed by atoms with E-state index >= 15 is 0 Å². The minimum atomic E-state index is -0.631. The number of imidazole rings is 1. The Morgan fingerprint density at radius 3 is 2.74 bits per heavy atom. The van der Waals surface area contributed by atoms with Crippen LogP contribution in [0.15, 0.2) is 12.4 Å². The monoisotopic (exact) mass is 265 g/mol. The summed E-state index contributed by atoms with van der Waals surface area (Å²) in [6.07, 6.45) is 5.82. The molecule has 1 aromatic heterocycles. The average Bonchev–Trinajstić information content (AvgIpc) is 3.13. The van der Waals surface area contributed by atoms with E-state index in [2.05, 4.69) is 24.1 Å². The number of aromatic nitrogens is 2. The number of nitrogens with zero attached hydrogens (tertiary/aromatic N) is 2. The van der Waals surface area contributed by atoms with Crippen molar-refractivity contribution >= 4 is 5.97 Å². The van der Waals surface area contributed by atoms with Crippen LogP contribution < -0.4 is 5.32 Å². The van der Waals surface area contributed by atoms with Crippen LogP contribution in [0.3, 0.4) is 0 Å². The lowest BCUT2D eigenvalue weighted by molar-refractivity contribution is -0.151. The lowest BCUT2D eigenvalue weighted by atomic mass is 9.91. The van der Waals surface area contributed by atoms with Crippen LogP contribution in [0.5, 0.6) is 0 Å². The Bertz CT molecular complexity index is 451. The van der Waals surface area contributed by atoms with Crippen molar-refractivity contribution in [1.82, 2.24) is 14.9 Å². The van der Waals surface area contributed by atoms with Crippen molar-refractivity contribution in [2.75, 3.05) is 7.11 Å². The Hall–Kier alpha value is -1.36. The molecule has 1 saturated carbocycles. The lowest BCUT2D eigenvalue weighted by Gasteiger charge is -2.34. The van der Waals surface area contributed by atoms with Gasteiger partial charge in [0.1, 0.15) is 11.4 Å². The molecule has 1 aliphatic rings. The first-order chi connectivity index (χ1) is 8.99. The van der Waals surface area contributed by atoms with Gasteiger partial charge in [-0.05, 0) is 39.5 Å². The zero-order valence-electron chi connectivity index (χ0n) is 12.1. The second kappa shape index (κ2) is 5.33. The summed E-state index contributed by atoms with van der Waals surface area (Å²) in [4.78, 5) is 16.6. The summed E-state index contributed by atoms with van der Waals surface area (Å²) >= 11 is 0. The van der Waals surface area contributed by atoms with E-state index in [0.29, 0.717) is 12.5 Å². The summed E-state index contributed by atoms with van der Waals surface area (Å²) in [7, 11) is 1.46. The fraction of sp³-hybridized carbons (Fsp3) is 0.714. The van der Waals surface area contributed by atoms with Crippen LogP contribution in [0, 0.1) is 12.8 Å². The molecule has 1 heterocycles. The number of hydrogen-bond donors (Lipinski definition) is 1. The predicted molar refractivity (Wildman–Crippen MR) is 72.7 cm³/mol. The highest BCUT2D eigenvalue weighted by atomic mass is 16.5. The molecule has 5 heteroatoms. The van der Waals surface area contributed by atoms with E-state index in [4.69, 9.17) is 4.74 Å². The summed E-state index contributed by atoms with van der Waals surface area (Å²) in [5, 5.41) is 3.45. The third-order valence-corrected chi connectivity index (χ3v) is 3.71. The highest BCUT2D eigenvalue weighted by Gasteiger charge is 2.52. The van der Waals surface area contributed by atoms with Gasteiger partial charge in [-0.1, -0.05) is 0 Å². The van der Waals surface area contributed by atoms with Crippen LogP contribution in [-0.4, -0.2) is 34.2 Å². The molecule has 0 aliphatic heterocycles. The molecule has 106 valence electrons. The van der Waals surface area contributed by atoms with E-state index in [1.807, 2.05) is 17.7 Å². The lowest BCUT2D eigenvalue weighted by Crippen LogP contribution is -2.59. The van der Waals surface area contributed by atoms with Crippen LogP contribution in [0.25, 0.3) is 0 Å².